The topological polar surface area (TPSA) is 57.5 Å². The van der Waals surface area contributed by atoms with Gasteiger partial charge in [0.1, 0.15) is 5.82 Å². The Kier molecular flexibility index (Phi) is 4.21. The lowest BCUT2D eigenvalue weighted by Crippen LogP contribution is -2.31. The van der Waals surface area contributed by atoms with Crippen molar-refractivity contribution in [3.8, 4) is 0 Å². The molecule has 2 N–H and O–H groups in total. The summed E-state index contributed by atoms with van der Waals surface area (Å²) in [6, 6.07) is 0.430. The molecule has 0 fully saturated rings. The van der Waals surface area contributed by atoms with Gasteiger partial charge in [0.15, 0.2) is 11.5 Å². The fraction of sp³-hybridized carbons (Fsp3) is 0.538. The molecule has 2 heterocycles. The fourth-order valence-electron chi connectivity index (χ4n) is 1.74. The fourth-order valence-corrected chi connectivity index (χ4v) is 1.74. The van der Waals surface area contributed by atoms with E-state index in [1.807, 2.05) is 16.8 Å². The molecule has 0 aliphatic carbocycles. The number of imidazole rings is 1. The summed E-state index contributed by atoms with van der Waals surface area (Å²) in [5.74, 6) is 1.67. The van der Waals surface area contributed by atoms with E-state index in [9.17, 15) is 0 Å². The van der Waals surface area contributed by atoms with Crippen LogP contribution in [0.5, 0.6) is 0 Å². The van der Waals surface area contributed by atoms with Crippen LogP contribution in [0.25, 0.3) is 5.65 Å². The average molecular weight is 262 g/mol. The van der Waals surface area contributed by atoms with Crippen molar-refractivity contribution >= 4 is 17.3 Å². The molecule has 0 radical (unpaired) electrons. The second-order valence-electron chi connectivity index (χ2n) is 4.86. The largest absolute Gasteiger partial charge is 0.369 e. The van der Waals surface area contributed by atoms with E-state index in [1.165, 1.54) is 0 Å². The first-order valence-corrected chi connectivity index (χ1v) is 6.59. The molecule has 2 rings (SSSR count). The van der Waals surface area contributed by atoms with Crippen LogP contribution in [0, 0.1) is 0 Å². The number of hydrogen-bond donors (Lipinski definition) is 2. The molecule has 19 heavy (non-hydrogen) atoms. The maximum Gasteiger partial charge on any atom is 0.180 e. The smallest absolute Gasteiger partial charge is 0.180 e. The lowest BCUT2D eigenvalue weighted by molar-refractivity contribution is 0.326. The molecule has 1 atom stereocenters. The zero-order valence-corrected chi connectivity index (χ0v) is 12.0. The molecule has 0 spiro atoms. The van der Waals surface area contributed by atoms with E-state index in [1.54, 1.807) is 6.20 Å². The highest BCUT2D eigenvalue weighted by molar-refractivity contribution is 5.65. The third-order valence-corrected chi connectivity index (χ3v) is 3.18. The molecular weight excluding hydrogens is 240 g/mol. The van der Waals surface area contributed by atoms with Crippen LogP contribution in [-0.4, -0.2) is 52.5 Å². The molecule has 1 unspecified atom stereocenters. The quantitative estimate of drug-likeness (QED) is 0.826. The Balaban J connectivity index is 2.22. The molecular formula is C13H22N6. The number of rotatable bonds is 6. The Morgan fingerprint density at radius 2 is 2.16 bits per heavy atom. The number of likely N-dealkylation sites (N-methyl/N-ethyl adjacent to an activating group) is 1. The first kappa shape index (κ1) is 13.6. The Hall–Kier alpha value is -1.82. The molecule has 2 aromatic rings. The summed E-state index contributed by atoms with van der Waals surface area (Å²) in [5.41, 5.74) is 0.854. The molecule has 104 valence electrons. The molecule has 0 bridgehead atoms. The number of aromatic nitrogens is 3. The van der Waals surface area contributed by atoms with Gasteiger partial charge in [-0.1, -0.05) is 0 Å². The van der Waals surface area contributed by atoms with Crippen molar-refractivity contribution in [3.05, 3.63) is 18.6 Å². The Morgan fingerprint density at radius 1 is 1.37 bits per heavy atom. The summed E-state index contributed by atoms with van der Waals surface area (Å²) in [6.07, 6.45) is 5.66. The van der Waals surface area contributed by atoms with Crippen LogP contribution in [0.2, 0.25) is 0 Å². The number of anilines is 2. The van der Waals surface area contributed by atoms with Gasteiger partial charge in [0.2, 0.25) is 0 Å². The minimum atomic E-state index is 0.430. The molecule has 2 aromatic heterocycles. The highest BCUT2D eigenvalue weighted by Crippen LogP contribution is 2.16. The van der Waals surface area contributed by atoms with Crippen LogP contribution < -0.4 is 10.6 Å². The van der Waals surface area contributed by atoms with Crippen LogP contribution in [-0.2, 0) is 0 Å². The van der Waals surface area contributed by atoms with Gasteiger partial charge in [-0.05, 0) is 27.9 Å². The molecule has 0 aliphatic rings. The van der Waals surface area contributed by atoms with Gasteiger partial charge in [0.05, 0.1) is 6.20 Å². The minimum absolute atomic E-state index is 0.430. The predicted molar refractivity (Wildman–Crippen MR) is 78.8 cm³/mol. The van der Waals surface area contributed by atoms with Gasteiger partial charge in [-0.15, -0.1) is 0 Å². The zero-order chi connectivity index (χ0) is 13.8. The van der Waals surface area contributed by atoms with E-state index < -0.39 is 0 Å². The van der Waals surface area contributed by atoms with Gasteiger partial charge >= 0.3 is 0 Å². The average Bonchev–Trinajstić information content (AvgIpc) is 2.84. The Morgan fingerprint density at radius 3 is 2.84 bits per heavy atom. The van der Waals surface area contributed by atoms with E-state index in [0.29, 0.717) is 6.04 Å². The summed E-state index contributed by atoms with van der Waals surface area (Å²) in [6.45, 7) is 5.91. The highest BCUT2D eigenvalue weighted by Gasteiger charge is 2.09. The maximum atomic E-state index is 4.57. The van der Waals surface area contributed by atoms with Gasteiger partial charge in [0.25, 0.3) is 0 Å². The summed E-state index contributed by atoms with van der Waals surface area (Å²) in [5, 5.41) is 6.61. The Bertz CT molecular complexity index is 533. The lowest BCUT2D eigenvalue weighted by Gasteiger charge is -2.20. The zero-order valence-electron chi connectivity index (χ0n) is 12.0. The van der Waals surface area contributed by atoms with Crippen molar-refractivity contribution in [2.45, 2.75) is 19.9 Å². The van der Waals surface area contributed by atoms with Gasteiger partial charge in [-0.2, -0.15) is 0 Å². The first-order valence-electron chi connectivity index (χ1n) is 6.59. The van der Waals surface area contributed by atoms with Crippen molar-refractivity contribution in [2.24, 2.45) is 0 Å². The second kappa shape index (κ2) is 5.88. The molecule has 0 aromatic carbocycles. The van der Waals surface area contributed by atoms with Crippen LogP contribution in [0.15, 0.2) is 18.6 Å². The summed E-state index contributed by atoms with van der Waals surface area (Å²) < 4.78 is 1.98. The van der Waals surface area contributed by atoms with E-state index in [2.05, 4.69) is 53.4 Å². The summed E-state index contributed by atoms with van der Waals surface area (Å²) in [7, 11) is 4.14. The van der Waals surface area contributed by atoms with Crippen molar-refractivity contribution in [3.63, 3.8) is 0 Å². The second-order valence-corrected chi connectivity index (χ2v) is 4.86. The van der Waals surface area contributed by atoms with Crippen molar-refractivity contribution < 1.29 is 0 Å². The molecule has 0 saturated carbocycles. The highest BCUT2D eigenvalue weighted by atomic mass is 15.2. The van der Waals surface area contributed by atoms with Crippen molar-refractivity contribution in [1.29, 1.82) is 0 Å². The van der Waals surface area contributed by atoms with Gasteiger partial charge < -0.3 is 19.9 Å². The van der Waals surface area contributed by atoms with E-state index in [0.717, 1.165) is 30.4 Å². The molecule has 0 amide bonds. The van der Waals surface area contributed by atoms with Crippen molar-refractivity contribution in [1.82, 2.24) is 19.3 Å². The number of hydrogen-bond acceptors (Lipinski definition) is 5. The molecule has 0 saturated heterocycles. The lowest BCUT2D eigenvalue weighted by atomic mass is 10.3. The summed E-state index contributed by atoms with van der Waals surface area (Å²) in [4.78, 5) is 11.1. The van der Waals surface area contributed by atoms with Crippen LogP contribution in [0.4, 0.5) is 11.6 Å². The van der Waals surface area contributed by atoms with Gasteiger partial charge in [-0.3, -0.25) is 0 Å². The van der Waals surface area contributed by atoms with E-state index in [4.69, 9.17) is 0 Å². The van der Waals surface area contributed by atoms with Gasteiger partial charge in [-0.25, -0.2) is 9.97 Å². The number of nitrogens with one attached hydrogen (secondary N) is 2. The van der Waals surface area contributed by atoms with Gasteiger partial charge in [0, 0.05) is 31.5 Å². The standard InChI is InChI=1S/C13H22N6/c1-5-14-11-9-19-7-6-15-13(19)12(17-11)16-8-10(2)18(3)4/h6-7,9-10,14H,5,8H2,1-4H3,(H,16,17). The maximum absolute atomic E-state index is 4.57. The molecule has 0 aliphatic heterocycles. The van der Waals surface area contributed by atoms with Crippen LogP contribution in [0.1, 0.15) is 13.8 Å². The first-order chi connectivity index (χ1) is 9.11. The third-order valence-electron chi connectivity index (χ3n) is 3.18. The normalized spacial score (nSPS) is 12.9. The Labute approximate surface area is 113 Å². The minimum Gasteiger partial charge on any atom is -0.369 e. The summed E-state index contributed by atoms with van der Waals surface area (Å²) >= 11 is 0. The van der Waals surface area contributed by atoms with E-state index in [-0.39, 0.29) is 0 Å². The van der Waals surface area contributed by atoms with Crippen molar-refractivity contribution in [2.75, 3.05) is 37.8 Å². The SMILES string of the molecule is CCNc1cn2ccnc2c(NCC(C)N(C)C)n1. The third kappa shape index (κ3) is 3.14. The van der Waals surface area contributed by atoms with Crippen LogP contribution in [0.3, 0.4) is 0 Å². The number of fused-ring (bicyclic) bond motifs is 1. The molecule has 6 nitrogen and oxygen atoms in total. The predicted octanol–water partition coefficient (Wildman–Crippen LogP) is 1.52. The molecule has 6 heteroatoms. The van der Waals surface area contributed by atoms with Crippen LogP contribution >= 0.6 is 0 Å². The number of nitrogens with zero attached hydrogens (tertiary/aromatic N) is 4. The monoisotopic (exact) mass is 262 g/mol. The van der Waals surface area contributed by atoms with E-state index >= 15 is 0 Å².